The first-order chi connectivity index (χ1) is 8.61. The van der Waals surface area contributed by atoms with Gasteiger partial charge in [0.15, 0.2) is 0 Å². The van der Waals surface area contributed by atoms with Crippen LogP contribution in [0.15, 0.2) is 18.2 Å². The highest BCUT2D eigenvalue weighted by Crippen LogP contribution is 2.18. The summed E-state index contributed by atoms with van der Waals surface area (Å²) in [5, 5.41) is 18.1. The Bertz CT molecular complexity index is 452. The van der Waals surface area contributed by atoms with Gasteiger partial charge in [-0.1, -0.05) is 0 Å². The van der Waals surface area contributed by atoms with Crippen molar-refractivity contribution in [3.63, 3.8) is 0 Å². The minimum atomic E-state index is -0.757. The molecule has 1 fully saturated rings. The average Bonchev–Trinajstić information content (AvgIpc) is 2.38. The van der Waals surface area contributed by atoms with Gasteiger partial charge in [-0.2, -0.15) is 0 Å². The van der Waals surface area contributed by atoms with Crippen LogP contribution in [0.25, 0.3) is 0 Å². The van der Waals surface area contributed by atoms with Gasteiger partial charge in [-0.25, -0.2) is 4.39 Å². The number of morpholine rings is 1. The Morgan fingerprint density at radius 3 is 3.00 bits per heavy atom. The fourth-order valence-electron chi connectivity index (χ4n) is 1.86. The number of phenols is 1. The molecule has 2 N–H and O–H groups in total. The molecule has 0 aromatic heterocycles. The molecule has 0 bridgehead atoms. The molecule has 0 saturated carbocycles. The maximum absolute atomic E-state index is 13.5. The Morgan fingerprint density at radius 1 is 1.56 bits per heavy atom. The van der Waals surface area contributed by atoms with Crippen molar-refractivity contribution in [1.82, 2.24) is 4.90 Å². The molecule has 5 nitrogen and oxygen atoms in total. The highest BCUT2D eigenvalue weighted by molar-refractivity contribution is 5.94. The lowest BCUT2D eigenvalue weighted by Crippen LogP contribution is -2.47. The summed E-state index contributed by atoms with van der Waals surface area (Å²) in [5.74, 6) is -1.44. The van der Waals surface area contributed by atoms with Gasteiger partial charge in [0, 0.05) is 19.2 Å². The number of rotatable bonds is 2. The zero-order valence-electron chi connectivity index (χ0n) is 9.67. The summed E-state index contributed by atoms with van der Waals surface area (Å²) >= 11 is 0. The summed E-state index contributed by atoms with van der Waals surface area (Å²) in [6.07, 6.45) is -0.428. The van der Waals surface area contributed by atoms with E-state index < -0.39 is 17.8 Å². The molecule has 1 amide bonds. The smallest absolute Gasteiger partial charge is 0.257 e. The van der Waals surface area contributed by atoms with Crippen LogP contribution in [-0.4, -0.2) is 53.4 Å². The van der Waals surface area contributed by atoms with Crippen LogP contribution in [0.2, 0.25) is 0 Å². The average molecular weight is 255 g/mol. The molecule has 1 saturated heterocycles. The minimum absolute atomic E-state index is 0.0913. The van der Waals surface area contributed by atoms with Gasteiger partial charge in [0.1, 0.15) is 11.6 Å². The molecule has 1 aromatic carbocycles. The van der Waals surface area contributed by atoms with Gasteiger partial charge in [0.25, 0.3) is 5.91 Å². The number of benzene rings is 1. The monoisotopic (exact) mass is 255 g/mol. The number of hydrogen-bond donors (Lipinski definition) is 2. The van der Waals surface area contributed by atoms with Gasteiger partial charge in [0.2, 0.25) is 0 Å². The number of carbonyl (C=O) groups is 1. The molecule has 0 spiro atoms. The van der Waals surface area contributed by atoms with Crippen molar-refractivity contribution >= 4 is 5.91 Å². The van der Waals surface area contributed by atoms with Crippen LogP contribution in [0.4, 0.5) is 4.39 Å². The molecular weight excluding hydrogens is 241 g/mol. The Balaban J connectivity index is 2.15. The van der Waals surface area contributed by atoms with E-state index in [9.17, 15) is 9.18 Å². The van der Waals surface area contributed by atoms with Crippen molar-refractivity contribution in [2.45, 2.75) is 6.10 Å². The summed E-state index contributed by atoms with van der Waals surface area (Å²) in [7, 11) is 0. The van der Waals surface area contributed by atoms with Crippen molar-refractivity contribution in [2.24, 2.45) is 0 Å². The molecule has 6 heteroatoms. The van der Waals surface area contributed by atoms with E-state index in [1.165, 1.54) is 17.0 Å². The number of halogens is 1. The van der Waals surface area contributed by atoms with Crippen LogP contribution in [0.1, 0.15) is 10.4 Å². The first-order valence-corrected chi connectivity index (χ1v) is 5.62. The largest absolute Gasteiger partial charge is 0.508 e. The molecule has 2 rings (SSSR count). The first-order valence-electron chi connectivity index (χ1n) is 5.62. The lowest BCUT2D eigenvalue weighted by Gasteiger charge is -2.32. The third kappa shape index (κ3) is 2.60. The van der Waals surface area contributed by atoms with Crippen molar-refractivity contribution in [3.05, 3.63) is 29.6 Å². The number of amides is 1. The second-order valence-corrected chi connectivity index (χ2v) is 4.09. The summed E-state index contributed by atoms with van der Waals surface area (Å²) < 4.78 is 18.8. The maximum Gasteiger partial charge on any atom is 0.257 e. The van der Waals surface area contributed by atoms with Gasteiger partial charge in [-0.3, -0.25) is 4.79 Å². The van der Waals surface area contributed by atoms with Gasteiger partial charge < -0.3 is 19.8 Å². The molecule has 1 unspecified atom stereocenters. The van der Waals surface area contributed by atoms with Crippen LogP contribution >= 0.6 is 0 Å². The quantitative estimate of drug-likeness (QED) is 0.800. The maximum atomic E-state index is 13.5. The van der Waals surface area contributed by atoms with Crippen molar-refractivity contribution in [2.75, 3.05) is 26.3 Å². The Morgan fingerprint density at radius 2 is 2.33 bits per heavy atom. The summed E-state index contributed by atoms with van der Waals surface area (Å²) in [6, 6.07) is 3.41. The van der Waals surface area contributed by atoms with Gasteiger partial charge in [-0.15, -0.1) is 0 Å². The molecule has 98 valence electrons. The van der Waals surface area contributed by atoms with Crippen LogP contribution in [0.5, 0.6) is 5.75 Å². The lowest BCUT2D eigenvalue weighted by molar-refractivity contribution is -0.0448. The summed E-state index contributed by atoms with van der Waals surface area (Å²) in [5.41, 5.74) is -0.0913. The molecule has 1 heterocycles. The molecule has 1 atom stereocenters. The second-order valence-electron chi connectivity index (χ2n) is 4.09. The van der Waals surface area contributed by atoms with Crippen molar-refractivity contribution in [3.8, 4) is 5.75 Å². The van der Waals surface area contributed by atoms with Crippen LogP contribution < -0.4 is 0 Å². The fraction of sp³-hybridized carbons (Fsp3) is 0.417. The summed E-state index contributed by atoms with van der Waals surface area (Å²) in [6.45, 7) is 0.726. The molecule has 0 aliphatic carbocycles. The second kappa shape index (κ2) is 5.32. The Kier molecular flexibility index (Phi) is 3.78. The third-order valence-corrected chi connectivity index (χ3v) is 2.81. The van der Waals surface area contributed by atoms with E-state index in [1.54, 1.807) is 0 Å². The molecular formula is C12H14FNO4. The van der Waals surface area contributed by atoms with Gasteiger partial charge in [-0.05, 0) is 12.1 Å². The highest BCUT2D eigenvalue weighted by Gasteiger charge is 2.26. The van der Waals surface area contributed by atoms with Crippen molar-refractivity contribution < 1.29 is 24.1 Å². The number of aromatic hydroxyl groups is 1. The van der Waals surface area contributed by atoms with Crippen molar-refractivity contribution in [1.29, 1.82) is 0 Å². The minimum Gasteiger partial charge on any atom is -0.508 e. The van der Waals surface area contributed by atoms with E-state index in [0.717, 1.165) is 6.07 Å². The molecule has 0 radical (unpaired) electrons. The number of ether oxygens (including phenoxy) is 1. The number of aliphatic hydroxyl groups excluding tert-OH is 1. The van der Waals surface area contributed by atoms with Crippen LogP contribution in [-0.2, 0) is 4.74 Å². The van der Waals surface area contributed by atoms with E-state index in [4.69, 9.17) is 14.9 Å². The van der Waals surface area contributed by atoms with Crippen LogP contribution in [0, 0.1) is 5.82 Å². The Labute approximate surface area is 103 Å². The molecule has 1 aliphatic rings. The molecule has 18 heavy (non-hydrogen) atoms. The van der Waals surface area contributed by atoms with E-state index in [-0.39, 0.29) is 24.5 Å². The number of aliphatic hydroxyl groups is 1. The number of hydrogen-bond acceptors (Lipinski definition) is 4. The predicted octanol–water partition coefficient (Wildman–Crippen LogP) is 0.365. The van der Waals surface area contributed by atoms with E-state index in [0.29, 0.717) is 13.2 Å². The van der Waals surface area contributed by atoms with E-state index >= 15 is 0 Å². The van der Waals surface area contributed by atoms with E-state index in [2.05, 4.69) is 0 Å². The number of phenolic OH excluding ortho intramolecular Hbond substituents is 1. The topological polar surface area (TPSA) is 70.0 Å². The zero-order chi connectivity index (χ0) is 13.1. The summed E-state index contributed by atoms with van der Waals surface area (Å²) in [4.78, 5) is 13.5. The number of nitrogens with zero attached hydrogens (tertiary/aromatic N) is 1. The zero-order valence-corrected chi connectivity index (χ0v) is 9.67. The SMILES string of the molecule is O=C(c1ccc(O)cc1F)N1CCOC(CO)C1. The third-order valence-electron chi connectivity index (χ3n) is 2.81. The number of carbonyl (C=O) groups excluding carboxylic acids is 1. The highest BCUT2D eigenvalue weighted by atomic mass is 19.1. The first kappa shape index (κ1) is 12.8. The predicted molar refractivity (Wildman–Crippen MR) is 60.8 cm³/mol. The standard InChI is InChI=1S/C12H14FNO4/c13-11-5-8(16)1-2-10(11)12(17)14-3-4-18-9(6-14)7-15/h1-2,5,9,15-16H,3-4,6-7H2. The van der Waals surface area contributed by atoms with Gasteiger partial charge >= 0.3 is 0 Å². The lowest BCUT2D eigenvalue weighted by atomic mass is 10.1. The fourth-order valence-corrected chi connectivity index (χ4v) is 1.86. The van der Waals surface area contributed by atoms with Gasteiger partial charge in [0.05, 0.1) is 24.9 Å². The van der Waals surface area contributed by atoms with Crippen LogP contribution in [0.3, 0.4) is 0 Å². The molecule has 1 aliphatic heterocycles. The Hall–Kier alpha value is -1.66. The normalized spacial score (nSPS) is 19.9. The van der Waals surface area contributed by atoms with E-state index in [1.807, 2.05) is 0 Å². The molecule has 1 aromatic rings.